The van der Waals surface area contributed by atoms with Crippen molar-refractivity contribution in [2.45, 2.75) is 26.2 Å². The lowest BCUT2D eigenvalue weighted by Crippen LogP contribution is -2.36. The van der Waals surface area contributed by atoms with E-state index in [0.717, 1.165) is 19.3 Å². The first-order chi connectivity index (χ1) is 7.56. The van der Waals surface area contributed by atoms with Gasteiger partial charge in [-0.2, -0.15) is 0 Å². The topological polar surface area (TPSA) is 54.4 Å². The van der Waals surface area contributed by atoms with E-state index in [4.69, 9.17) is 0 Å². The molecule has 2 rings (SSSR count). The van der Waals surface area contributed by atoms with Gasteiger partial charge in [-0.15, -0.1) is 6.58 Å². The molecule has 2 fully saturated rings. The zero-order chi connectivity index (χ0) is 11.9. The zero-order valence-corrected chi connectivity index (χ0v) is 9.56. The quantitative estimate of drug-likeness (QED) is 0.741. The fraction of sp³-hybridized carbons (Fsp3) is 0.692. The zero-order valence-electron chi connectivity index (χ0n) is 9.56. The number of hydrogen-bond donors (Lipinski definition) is 1. The number of ketones is 1. The number of carboxylic acid groups (broad SMARTS) is 1. The van der Waals surface area contributed by atoms with E-state index in [1.807, 2.05) is 6.08 Å². The molecular formula is C13H18O3. The molecule has 3 nitrogen and oxygen atoms in total. The van der Waals surface area contributed by atoms with E-state index < -0.39 is 5.97 Å². The number of allylic oxidation sites excluding steroid dienone is 1. The lowest BCUT2D eigenvalue weighted by Gasteiger charge is -2.31. The molecule has 3 heteroatoms. The van der Waals surface area contributed by atoms with Crippen LogP contribution in [-0.2, 0) is 9.59 Å². The molecule has 88 valence electrons. The van der Waals surface area contributed by atoms with Crippen LogP contribution in [0.25, 0.3) is 0 Å². The van der Waals surface area contributed by atoms with Crippen LogP contribution >= 0.6 is 0 Å². The van der Waals surface area contributed by atoms with Crippen molar-refractivity contribution in [3.05, 3.63) is 12.7 Å². The lowest BCUT2D eigenvalue weighted by atomic mass is 9.71. The van der Waals surface area contributed by atoms with E-state index in [9.17, 15) is 14.7 Å². The van der Waals surface area contributed by atoms with E-state index in [0.29, 0.717) is 5.92 Å². The lowest BCUT2D eigenvalue weighted by molar-refractivity contribution is -0.147. The summed E-state index contributed by atoms with van der Waals surface area (Å²) in [5.41, 5.74) is 0. The summed E-state index contributed by atoms with van der Waals surface area (Å²) in [4.78, 5) is 22.8. The molecule has 2 bridgehead atoms. The van der Waals surface area contributed by atoms with Gasteiger partial charge in [-0.05, 0) is 43.9 Å². The van der Waals surface area contributed by atoms with Crippen LogP contribution in [0.4, 0.5) is 0 Å². The maximum absolute atomic E-state index is 11.5. The summed E-state index contributed by atoms with van der Waals surface area (Å²) < 4.78 is 0. The minimum Gasteiger partial charge on any atom is -0.481 e. The molecule has 0 aromatic rings. The highest BCUT2D eigenvalue weighted by Crippen LogP contribution is 2.56. The number of carboxylic acids is 1. The SMILES string of the molecule is C=CC[C@@H]1[C@H]2CC(C(C)=O)[C@H](C2)[C@@H]1C(=O)O. The van der Waals surface area contributed by atoms with Gasteiger partial charge < -0.3 is 5.11 Å². The average molecular weight is 222 g/mol. The molecule has 2 aliphatic carbocycles. The van der Waals surface area contributed by atoms with Crippen LogP contribution in [0.15, 0.2) is 12.7 Å². The van der Waals surface area contributed by atoms with E-state index in [2.05, 4.69) is 6.58 Å². The largest absolute Gasteiger partial charge is 0.481 e. The summed E-state index contributed by atoms with van der Waals surface area (Å²) in [5.74, 6) is -0.211. The van der Waals surface area contributed by atoms with Gasteiger partial charge in [0, 0.05) is 5.92 Å². The summed E-state index contributed by atoms with van der Waals surface area (Å²) in [6, 6.07) is 0. The predicted molar refractivity (Wildman–Crippen MR) is 59.8 cm³/mol. The Labute approximate surface area is 95.5 Å². The number of Topliss-reactive ketones (excluding diaryl/α,β-unsaturated/α-hetero) is 1. The standard InChI is InChI=1S/C13H18O3/c1-3-4-9-8-5-10(7(2)14)11(6-8)12(9)13(15)16/h3,8-12H,1,4-6H2,2H3,(H,15,16)/t8-,9+,10?,11-,12+/m0/s1. The number of carbonyl (C=O) groups is 2. The van der Waals surface area contributed by atoms with Crippen LogP contribution in [-0.4, -0.2) is 16.9 Å². The molecule has 0 amide bonds. The van der Waals surface area contributed by atoms with E-state index in [1.54, 1.807) is 6.92 Å². The monoisotopic (exact) mass is 222 g/mol. The predicted octanol–water partition coefficient (Wildman–Crippen LogP) is 2.12. The van der Waals surface area contributed by atoms with Crippen molar-refractivity contribution < 1.29 is 14.7 Å². The Morgan fingerprint density at radius 3 is 2.62 bits per heavy atom. The molecule has 0 heterocycles. The number of fused-ring (bicyclic) bond motifs is 2. The van der Waals surface area contributed by atoms with Crippen molar-refractivity contribution in [3.63, 3.8) is 0 Å². The first kappa shape index (κ1) is 11.4. The van der Waals surface area contributed by atoms with Crippen LogP contribution in [0.2, 0.25) is 0 Å². The maximum Gasteiger partial charge on any atom is 0.307 e. The van der Waals surface area contributed by atoms with Crippen LogP contribution in [0.1, 0.15) is 26.2 Å². The number of rotatable bonds is 4. The number of carbonyl (C=O) groups excluding carboxylic acids is 1. The minimum atomic E-state index is -0.731. The van der Waals surface area contributed by atoms with Gasteiger partial charge in [-0.3, -0.25) is 9.59 Å². The summed E-state index contributed by atoms with van der Waals surface area (Å²) in [6.07, 6.45) is 4.38. The van der Waals surface area contributed by atoms with Gasteiger partial charge in [-0.25, -0.2) is 0 Å². The normalized spacial score (nSPS) is 40.9. The molecule has 1 N–H and O–H groups in total. The van der Waals surface area contributed by atoms with Crippen molar-refractivity contribution in [3.8, 4) is 0 Å². The first-order valence-electron chi connectivity index (χ1n) is 5.90. The van der Waals surface area contributed by atoms with Gasteiger partial charge in [0.15, 0.2) is 0 Å². The fourth-order valence-electron chi connectivity index (χ4n) is 3.83. The highest BCUT2D eigenvalue weighted by atomic mass is 16.4. The Morgan fingerprint density at radius 2 is 2.12 bits per heavy atom. The van der Waals surface area contributed by atoms with Crippen LogP contribution in [0, 0.1) is 29.6 Å². The number of hydrogen-bond acceptors (Lipinski definition) is 2. The molecule has 0 aliphatic heterocycles. The Balaban J connectivity index is 2.21. The third-order valence-electron chi connectivity index (χ3n) is 4.42. The van der Waals surface area contributed by atoms with Crippen LogP contribution in [0.5, 0.6) is 0 Å². The highest BCUT2D eigenvalue weighted by Gasteiger charge is 2.55. The molecule has 2 saturated carbocycles. The van der Waals surface area contributed by atoms with Gasteiger partial charge >= 0.3 is 5.97 Å². The van der Waals surface area contributed by atoms with Crippen molar-refractivity contribution in [1.29, 1.82) is 0 Å². The van der Waals surface area contributed by atoms with E-state index in [1.165, 1.54) is 0 Å². The van der Waals surface area contributed by atoms with Gasteiger partial charge in [0.25, 0.3) is 0 Å². The molecule has 0 aromatic heterocycles. The second-order valence-corrected chi connectivity index (χ2v) is 5.16. The van der Waals surface area contributed by atoms with Crippen molar-refractivity contribution in [2.75, 3.05) is 0 Å². The second kappa shape index (κ2) is 4.04. The van der Waals surface area contributed by atoms with Gasteiger partial charge in [-0.1, -0.05) is 6.08 Å². The van der Waals surface area contributed by atoms with Crippen LogP contribution in [0.3, 0.4) is 0 Å². The number of aliphatic carboxylic acids is 1. The fourth-order valence-corrected chi connectivity index (χ4v) is 3.83. The molecule has 0 saturated heterocycles. The smallest absolute Gasteiger partial charge is 0.307 e. The molecule has 1 unspecified atom stereocenters. The highest BCUT2D eigenvalue weighted by molar-refractivity contribution is 5.81. The van der Waals surface area contributed by atoms with Gasteiger partial charge in [0.05, 0.1) is 5.92 Å². The Bertz CT molecular complexity index is 334. The summed E-state index contributed by atoms with van der Waals surface area (Å²) in [5, 5.41) is 9.29. The van der Waals surface area contributed by atoms with E-state index in [-0.39, 0.29) is 29.5 Å². The first-order valence-corrected chi connectivity index (χ1v) is 5.90. The Hall–Kier alpha value is -1.12. The molecule has 16 heavy (non-hydrogen) atoms. The average Bonchev–Trinajstić information content (AvgIpc) is 2.74. The molecular weight excluding hydrogens is 204 g/mol. The second-order valence-electron chi connectivity index (χ2n) is 5.16. The third-order valence-corrected chi connectivity index (χ3v) is 4.42. The van der Waals surface area contributed by atoms with Crippen molar-refractivity contribution >= 4 is 11.8 Å². The molecule has 0 radical (unpaired) electrons. The Morgan fingerprint density at radius 1 is 1.44 bits per heavy atom. The van der Waals surface area contributed by atoms with Crippen molar-refractivity contribution in [2.24, 2.45) is 29.6 Å². The summed E-state index contributed by atoms with van der Waals surface area (Å²) in [6.45, 7) is 5.29. The van der Waals surface area contributed by atoms with Crippen molar-refractivity contribution in [1.82, 2.24) is 0 Å². The van der Waals surface area contributed by atoms with Gasteiger partial charge in [0.2, 0.25) is 0 Å². The Kier molecular flexibility index (Phi) is 2.87. The summed E-state index contributed by atoms with van der Waals surface area (Å²) >= 11 is 0. The molecule has 2 aliphatic rings. The third kappa shape index (κ3) is 1.58. The molecule has 0 spiro atoms. The summed E-state index contributed by atoms with van der Waals surface area (Å²) in [7, 11) is 0. The van der Waals surface area contributed by atoms with Gasteiger partial charge in [0.1, 0.15) is 5.78 Å². The molecule has 0 aromatic carbocycles. The van der Waals surface area contributed by atoms with E-state index >= 15 is 0 Å². The minimum absolute atomic E-state index is 0.00725. The molecule has 5 atom stereocenters. The van der Waals surface area contributed by atoms with Crippen LogP contribution < -0.4 is 0 Å². The maximum atomic E-state index is 11.5.